The summed E-state index contributed by atoms with van der Waals surface area (Å²) in [7, 11) is 0. The van der Waals surface area contributed by atoms with Crippen molar-refractivity contribution in [3.63, 3.8) is 0 Å². The van der Waals surface area contributed by atoms with Gasteiger partial charge in [-0.3, -0.25) is 4.40 Å². The molecule has 0 atom stereocenters. The Morgan fingerprint density at radius 3 is 2.70 bits per heavy atom. The van der Waals surface area contributed by atoms with Gasteiger partial charge in [-0.25, -0.2) is 9.97 Å². The van der Waals surface area contributed by atoms with Crippen molar-refractivity contribution in [2.45, 2.75) is 6.92 Å². The van der Waals surface area contributed by atoms with Crippen LogP contribution in [0.4, 0.5) is 10.8 Å². The fraction of sp³-hybridized carbons (Fsp3) is 0.0667. The summed E-state index contributed by atoms with van der Waals surface area (Å²) >= 11 is 6.67. The minimum Gasteiger partial charge on any atom is -0.332 e. The SMILES string of the molecule is Br.Cc1nc2sccn2c1-c1csc(Nc2ccc(Br)cc2)n1. The molecule has 0 radical (unpaired) electrons. The molecule has 4 nitrogen and oxygen atoms in total. The number of nitrogens with one attached hydrogen (secondary N) is 1. The van der Waals surface area contributed by atoms with Crippen molar-refractivity contribution in [3.8, 4) is 11.4 Å². The third-order valence-corrected chi connectivity index (χ3v) is 5.32. The van der Waals surface area contributed by atoms with Gasteiger partial charge in [0.2, 0.25) is 0 Å². The Morgan fingerprint density at radius 2 is 1.91 bits per heavy atom. The van der Waals surface area contributed by atoms with Crippen molar-refractivity contribution in [1.29, 1.82) is 0 Å². The molecule has 0 spiro atoms. The second-order valence-electron chi connectivity index (χ2n) is 4.77. The number of imidazole rings is 1. The molecule has 0 amide bonds. The normalized spacial score (nSPS) is 10.7. The number of fused-ring (bicyclic) bond motifs is 1. The standard InChI is InChI=1S/C15H11BrN4S2.BrH/c1-9-13(20-6-7-21-15(20)17-9)12-8-22-14(19-12)18-11-4-2-10(16)3-5-11;/h2-8H,1H3,(H,18,19);1H. The molecule has 4 aromatic rings. The lowest BCUT2D eigenvalue weighted by Gasteiger charge is -2.02. The fourth-order valence-corrected chi connectivity index (χ4v) is 4.04. The summed E-state index contributed by atoms with van der Waals surface area (Å²) in [6.45, 7) is 2.02. The maximum absolute atomic E-state index is 4.70. The topological polar surface area (TPSA) is 42.2 Å². The molecule has 0 fully saturated rings. The molecule has 0 unspecified atom stereocenters. The molecular formula is C15H12Br2N4S2. The minimum absolute atomic E-state index is 0. The van der Waals surface area contributed by atoms with Crippen LogP contribution in [0.15, 0.2) is 45.7 Å². The van der Waals surface area contributed by atoms with Crippen LogP contribution in [-0.4, -0.2) is 14.4 Å². The number of hydrogen-bond acceptors (Lipinski definition) is 5. The molecule has 1 N–H and O–H groups in total. The Bertz CT molecular complexity index is 940. The highest BCUT2D eigenvalue weighted by molar-refractivity contribution is 9.10. The van der Waals surface area contributed by atoms with Gasteiger partial charge in [-0.05, 0) is 31.2 Å². The first kappa shape index (κ1) is 16.6. The zero-order valence-corrected chi connectivity index (χ0v) is 16.9. The third kappa shape index (κ3) is 3.21. The van der Waals surface area contributed by atoms with Crippen LogP contribution in [0.2, 0.25) is 0 Å². The molecule has 4 rings (SSSR count). The van der Waals surface area contributed by atoms with Gasteiger partial charge in [0.15, 0.2) is 10.1 Å². The van der Waals surface area contributed by atoms with Crippen LogP contribution >= 0.6 is 55.6 Å². The Labute approximate surface area is 160 Å². The number of thiazole rings is 2. The van der Waals surface area contributed by atoms with Crippen molar-refractivity contribution >= 4 is 71.4 Å². The lowest BCUT2D eigenvalue weighted by molar-refractivity contribution is 1.20. The Kier molecular flexibility index (Phi) is 4.86. The van der Waals surface area contributed by atoms with Crippen molar-refractivity contribution in [3.05, 3.63) is 51.4 Å². The average Bonchev–Trinajstić information content (AvgIpc) is 3.17. The summed E-state index contributed by atoms with van der Waals surface area (Å²) in [5.41, 5.74) is 4.05. The first-order valence-corrected chi connectivity index (χ1v) is 9.16. The van der Waals surface area contributed by atoms with Crippen molar-refractivity contribution in [2.24, 2.45) is 0 Å². The number of aryl methyl sites for hydroxylation is 1. The van der Waals surface area contributed by atoms with E-state index in [4.69, 9.17) is 4.98 Å². The Hall–Kier alpha value is -1.22. The molecule has 0 aliphatic rings. The lowest BCUT2D eigenvalue weighted by atomic mass is 10.3. The van der Waals surface area contributed by atoms with E-state index >= 15 is 0 Å². The molecular weight excluding hydrogens is 460 g/mol. The first-order valence-electron chi connectivity index (χ1n) is 6.61. The Balaban J connectivity index is 0.00000156. The molecule has 118 valence electrons. The van der Waals surface area contributed by atoms with E-state index in [9.17, 15) is 0 Å². The first-order chi connectivity index (χ1) is 10.7. The number of nitrogens with zero attached hydrogens (tertiary/aromatic N) is 3. The van der Waals surface area contributed by atoms with E-state index in [1.165, 1.54) is 0 Å². The second kappa shape index (κ2) is 6.72. The minimum atomic E-state index is 0. The van der Waals surface area contributed by atoms with Gasteiger partial charge in [0.25, 0.3) is 0 Å². The zero-order chi connectivity index (χ0) is 15.1. The highest BCUT2D eigenvalue weighted by Gasteiger charge is 2.14. The van der Waals surface area contributed by atoms with Crippen molar-refractivity contribution < 1.29 is 0 Å². The van der Waals surface area contributed by atoms with Crippen molar-refractivity contribution in [2.75, 3.05) is 5.32 Å². The average molecular weight is 472 g/mol. The number of hydrogen-bond donors (Lipinski definition) is 1. The summed E-state index contributed by atoms with van der Waals surface area (Å²) < 4.78 is 3.16. The number of halogens is 2. The molecule has 0 saturated heterocycles. The van der Waals surface area contributed by atoms with Gasteiger partial charge in [0, 0.05) is 27.1 Å². The summed E-state index contributed by atoms with van der Waals surface area (Å²) in [6.07, 6.45) is 2.04. The van der Waals surface area contributed by atoms with E-state index in [0.29, 0.717) is 0 Å². The summed E-state index contributed by atoms with van der Waals surface area (Å²) in [4.78, 5) is 10.3. The van der Waals surface area contributed by atoms with Crippen LogP contribution in [0.5, 0.6) is 0 Å². The van der Waals surface area contributed by atoms with Crippen LogP contribution < -0.4 is 5.32 Å². The predicted molar refractivity (Wildman–Crippen MR) is 107 cm³/mol. The number of benzene rings is 1. The number of anilines is 2. The van der Waals surface area contributed by atoms with Crippen LogP contribution in [0.1, 0.15) is 5.69 Å². The maximum Gasteiger partial charge on any atom is 0.194 e. The molecule has 8 heteroatoms. The molecule has 1 aromatic carbocycles. The van der Waals surface area contributed by atoms with Crippen LogP contribution in [0.25, 0.3) is 16.3 Å². The molecule has 0 aliphatic carbocycles. The van der Waals surface area contributed by atoms with Crippen LogP contribution in [-0.2, 0) is 0 Å². The van der Waals surface area contributed by atoms with E-state index in [1.807, 2.05) is 42.8 Å². The molecule has 0 saturated carbocycles. The zero-order valence-electron chi connectivity index (χ0n) is 12.0. The lowest BCUT2D eigenvalue weighted by Crippen LogP contribution is -1.90. The quantitative estimate of drug-likeness (QED) is 0.403. The number of aromatic nitrogens is 3. The van der Waals surface area contributed by atoms with Gasteiger partial charge in [-0.15, -0.1) is 39.7 Å². The number of rotatable bonds is 3. The smallest absolute Gasteiger partial charge is 0.194 e. The van der Waals surface area contributed by atoms with Crippen molar-refractivity contribution in [1.82, 2.24) is 14.4 Å². The molecule has 0 bridgehead atoms. The molecule has 0 aliphatic heterocycles. The fourth-order valence-electron chi connectivity index (χ4n) is 2.30. The maximum atomic E-state index is 4.70. The predicted octanol–water partition coefficient (Wildman–Crippen LogP) is 5.91. The highest BCUT2D eigenvalue weighted by Crippen LogP contribution is 2.31. The summed E-state index contributed by atoms with van der Waals surface area (Å²) in [5, 5.41) is 8.32. The molecule has 3 heterocycles. The Morgan fingerprint density at radius 1 is 1.13 bits per heavy atom. The van der Waals surface area contributed by atoms with Crippen LogP contribution in [0, 0.1) is 6.92 Å². The monoisotopic (exact) mass is 470 g/mol. The van der Waals surface area contributed by atoms with Gasteiger partial charge < -0.3 is 5.32 Å². The summed E-state index contributed by atoms with van der Waals surface area (Å²) in [5.74, 6) is 0. The van der Waals surface area contributed by atoms with Gasteiger partial charge >= 0.3 is 0 Å². The summed E-state index contributed by atoms with van der Waals surface area (Å²) in [6, 6.07) is 8.05. The molecule has 23 heavy (non-hydrogen) atoms. The van der Waals surface area contributed by atoms with Crippen LogP contribution in [0.3, 0.4) is 0 Å². The highest BCUT2D eigenvalue weighted by atomic mass is 79.9. The van der Waals surface area contributed by atoms with E-state index in [2.05, 4.69) is 36.0 Å². The van der Waals surface area contributed by atoms with Gasteiger partial charge in [0.1, 0.15) is 5.69 Å². The third-order valence-electron chi connectivity index (χ3n) is 3.28. The molecule has 3 aromatic heterocycles. The van der Waals surface area contributed by atoms with E-state index in [1.54, 1.807) is 22.7 Å². The van der Waals surface area contributed by atoms with E-state index in [-0.39, 0.29) is 17.0 Å². The van der Waals surface area contributed by atoms with E-state index in [0.717, 1.165) is 37.3 Å². The van der Waals surface area contributed by atoms with Gasteiger partial charge in [-0.1, -0.05) is 15.9 Å². The van der Waals surface area contributed by atoms with Gasteiger partial charge in [-0.2, -0.15) is 0 Å². The van der Waals surface area contributed by atoms with Gasteiger partial charge in [0.05, 0.1) is 11.4 Å². The second-order valence-corrected chi connectivity index (χ2v) is 7.42. The largest absolute Gasteiger partial charge is 0.332 e. The van der Waals surface area contributed by atoms with E-state index < -0.39 is 0 Å².